The molecule has 1 atom stereocenters. The Morgan fingerprint density at radius 2 is 1.91 bits per heavy atom. The molecule has 0 radical (unpaired) electrons. The highest BCUT2D eigenvalue weighted by Gasteiger charge is 2.22. The van der Waals surface area contributed by atoms with Crippen LogP contribution in [0.3, 0.4) is 0 Å². The van der Waals surface area contributed by atoms with Gasteiger partial charge in [-0.2, -0.15) is 0 Å². The van der Waals surface area contributed by atoms with Crippen molar-refractivity contribution >= 4 is 23.1 Å². The Bertz CT molecular complexity index is 1060. The molecule has 4 rings (SSSR count). The summed E-state index contributed by atoms with van der Waals surface area (Å²) in [6.45, 7) is 1.88. The maximum Gasteiger partial charge on any atom is 0.165 e. The van der Waals surface area contributed by atoms with Gasteiger partial charge in [0.1, 0.15) is 18.6 Å². The summed E-state index contributed by atoms with van der Waals surface area (Å²) >= 11 is 1.73. The van der Waals surface area contributed by atoms with E-state index in [1.54, 1.807) is 31.0 Å². The van der Waals surface area contributed by atoms with E-state index >= 15 is 0 Å². The molecule has 3 aromatic carbocycles. The van der Waals surface area contributed by atoms with Crippen LogP contribution in [0.15, 0.2) is 65.6 Å². The Hall–Kier alpha value is -2.74. The second-order valence-corrected chi connectivity index (χ2v) is 8.27. The summed E-state index contributed by atoms with van der Waals surface area (Å²) in [6.07, 6.45) is 1.80. The van der Waals surface area contributed by atoms with E-state index in [1.165, 1.54) is 23.6 Å². The molecular formula is C25H27FN2O3S. The van der Waals surface area contributed by atoms with Gasteiger partial charge in [0.2, 0.25) is 0 Å². The van der Waals surface area contributed by atoms with E-state index in [4.69, 9.17) is 14.2 Å². The van der Waals surface area contributed by atoms with Gasteiger partial charge in [0.25, 0.3) is 0 Å². The van der Waals surface area contributed by atoms with E-state index < -0.39 is 0 Å². The second-order valence-electron chi connectivity index (χ2n) is 7.39. The van der Waals surface area contributed by atoms with Crippen molar-refractivity contribution in [2.24, 2.45) is 0 Å². The lowest BCUT2D eigenvalue weighted by molar-refractivity contribution is 0.0718. The Morgan fingerprint density at radius 3 is 2.62 bits per heavy atom. The van der Waals surface area contributed by atoms with Crippen molar-refractivity contribution in [3.8, 4) is 11.5 Å². The van der Waals surface area contributed by atoms with Crippen molar-refractivity contribution in [3.63, 3.8) is 0 Å². The molecule has 1 unspecified atom stereocenters. The smallest absolute Gasteiger partial charge is 0.165 e. The number of halogens is 1. The number of methoxy groups -OCH3 is 2. The number of anilines is 2. The molecule has 0 saturated heterocycles. The average Bonchev–Trinajstić information content (AvgIpc) is 2.84. The first kappa shape index (κ1) is 22.5. The molecule has 1 aliphatic rings. The third kappa shape index (κ3) is 4.85. The zero-order valence-corrected chi connectivity index (χ0v) is 19.2. The quantitative estimate of drug-likeness (QED) is 0.357. The third-order valence-electron chi connectivity index (χ3n) is 5.48. The molecule has 0 spiro atoms. The Kier molecular flexibility index (Phi) is 7.19. The molecule has 1 heterocycles. The number of fused-ring (bicyclic) bond motifs is 1. The first-order valence-electron chi connectivity index (χ1n) is 10.4. The predicted molar refractivity (Wildman–Crippen MR) is 127 cm³/mol. The van der Waals surface area contributed by atoms with Crippen molar-refractivity contribution in [3.05, 3.63) is 77.6 Å². The normalized spacial score (nSPS) is 13.9. The van der Waals surface area contributed by atoms with Gasteiger partial charge >= 0.3 is 0 Å². The predicted octanol–water partition coefficient (Wildman–Crippen LogP) is 5.52. The molecule has 0 aromatic heterocycles. The van der Waals surface area contributed by atoms with E-state index in [2.05, 4.69) is 40.7 Å². The fourth-order valence-electron chi connectivity index (χ4n) is 3.78. The highest BCUT2D eigenvalue weighted by molar-refractivity contribution is 7.98. The lowest BCUT2D eigenvalue weighted by Crippen LogP contribution is -2.29. The van der Waals surface area contributed by atoms with E-state index in [9.17, 15) is 4.39 Å². The minimum absolute atomic E-state index is 0.223. The van der Waals surface area contributed by atoms with Crippen LogP contribution in [-0.4, -0.2) is 33.6 Å². The van der Waals surface area contributed by atoms with Crippen LogP contribution in [0.1, 0.15) is 17.4 Å². The molecule has 7 heteroatoms. The molecule has 3 aromatic rings. The Morgan fingerprint density at radius 1 is 1.09 bits per heavy atom. The summed E-state index contributed by atoms with van der Waals surface area (Å²) in [6, 6.07) is 19.4. The van der Waals surface area contributed by atoms with Gasteiger partial charge in [-0.25, -0.2) is 4.39 Å². The number of nitrogens with zero attached hydrogens (tertiary/aromatic N) is 1. The van der Waals surface area contributed by atoms with Gasteiger partial charge in [-0.15, -0.1) is 11.8 Å². The number of nitrogens with one attached hydrogen (secondary N) is 1. The van der Waals surface area contributed by atoms with Gasteiger partial charge < -0.3 is 19.1 Å². The minimum atomic E-state index is -0.378. The van der Waals surface area contributed by atoms with Crippen molar-refractivity contribution < 1.29 is 18.6 Å². The van der Waals surface area contributed by atoms with Crippen LogP contribution in [0, 0.1) is 5.82 Å². The third-order valence-corrected chi connectivity index (χ3v) is 6.23. The number of rotatable bonds is 8. The standard InChI is InChI=1S/C25H27FN2O3S/c1-29-23-15-19(7-10-21(23)26)28-12-13-31-24-14-18(6-11-22(24)28)25(30-2)27-16-17-4-8-20(32-3)9-5-17/h4-11,14-15,25,27H,12-13,16H2,1-3H3. The first-order valence-corrected chi connectivity index (χ1v) is 11.6. The largest absolute Gasteiger partial charge is 0.494 e. The lowest BCUT2D eigenvalue weighted by atomic mass is 10.1. The lowest BCUT2D eigenvalue weighted by Gasteiger charge is -2.32. The summed E-state index contributed by atoms with van der Waals surface area (Å²) in [5, 5.41) is 3.45. The molecule has 5 nitrogen and oxygen atoms in total. The molecular weight excluding hydrogens is 427 g/mol. The van der Waals surface area contributed by atoms with Crippen LogP contribution in [-0.2, 0) is 11.3 Å². The molecule has 0 bridgehead atoms. The fraction of sp³-hybridized carbons (Fsp3) is 0.280. The number of hydrogen-bond acceptors (Lipinski definition) is 6. The van der Waals surface area contributed by atoms with Gasteiger partial charge in [-0.05, 0) is 53.8 Å². The van der Waals surface area contributed by atoms with E-state index in [-0.39, 0.29) is 17.8 Å². The maximum atomic E-state index is 13.9. The van der Waals surface area contributed by atoms with Crippen molar-refractivity contribution in [1.82, 2.24) is 5.32 Å². The van der Waals surface area contributed by atoms with E-state index in [0.29, 0.717) is 19.7 Å². The number of thioether (sulfide) groups is 1. The topological polar surface area (TPSA) is 43.0 Å². The van der Waals surface area contributed by atoms with Crippen LogP contribution in [0.2, 0.25) is 0 Å². The molecule has 1 N–H and O–H groups in total. The van der Waals surface area contributed by atoms with Crippen LogP contribution in [0.4, 0.5) is 15.8 Å². The highest BCUT2D eigenvalue weighted by Crippen LogP contribution is 2.39. The van der Waals surface area contributed by atoms with E-state index in [1.807, 2.05) is 18.2 Å². The molecule has 1 aliphatic heterocycles. The van der Waals surface area contributed by atoms with Crippen LogP contribution in [0.25, 0.3) is 0 Å². The highest BCUT2D eigenvalue weighted by atomic mass is 32.2. The van der Waals surface area contributed by atoms with Crippen molar-refractivity contribution in [2.45, 2.75) is 17.7 Å². The SMILES string of the molecule is COc1cc(N2CCOc3cc(C(NCc4ccc(SC)cc4)OC)ccc32)ccc1F. The second kappa shape index (κ2) is 10.3. The van der Waals surface area contributed by atoms with Crippen LogP contribution >= 0.6 is 11.8 Å². The summed E-state index contributed by atoms with van der Waals surface area (Å²) in [5.41, 5.74) is 3.95. The van der Waals surface area contributed by atoms with Crippen LogP contribution in [0.5, 0.6) is 11.5 Å². The van der Waals surface area contributed by atoms with Gasteiger partial charge in [0, 0.05) is 30.3 Å². The zero-order valence-electron chi connectivity index (χ0n) is 18.4. The number of ether oxygens (including phenoxy) is 3. The van der Waals surface area contributed by atoms with Gasteiger partial charge in [-0.1, -0.05) is 18.2 Å². The molecule has 32 heavy (non-hydrogen) atoms. The summed E-state index contributed by atoms with van der Waals surface area (Å²) in [5.74, 6) is 0.615. The molecule has 0 fully saturated rings. The zero-order chi connectivity index (χ0) is 22.5. The average molecular weight is 455 g/mol. The van der Waals surface area contributed by atoms with Crippen molar-refractivity contribution in [2.75, 3.05) is 38.5 Å². The van der Waals surface area contributed by atoms with Gasteiger partial charge in [0.05, 0.1) is 19.3 Å². The van der Waals surface area contributed by atoms with Gasteiger partial charge in [-0.3, -0.25) is 5.32 Å². The van der Waals surface area contributed by atoms with Gasteiger partial charge in [0.15, 0.2) is 11.6 Å². The molecule has 0 amide bonds. The fourth-order valence-corrected chi connectivity index (χ4v) is 4.18. The van der Waals surface area contributed by atoms with Crippen LogP contribution < -0.4 is 19.7 Å². The summed E-state index contributed by atoms with van der Waals surface area (Å²) in [4.78, 5) is 3.35. The van der Waals surface area contributed by atoms with Crippen molar-refractivity contribution in [1.29, 1.82) is 0 Å². The summed E-state index contributed by atoms with van der Waals surface area (Å²) < 4.78 is 30.7. The maximum absolute atomic E-state index is 13.9. The number of hydrogen-bond donors (Lipinski definition) is 1. The minimum Gasteiger partial charge on any atom is -0.494 e. The Balaban J connectivity index is 1.52. The molecule has 168 valence electrons. The number of benzene rings is 3. The van der Waals surface area contributed by atoms with E-state index in [0.717, 1.165) is 22.7 Å². The Labute approximate surface area is 192 Å². The first-order chi connectivity index (χ1) is 15.6. The molecule has 0 aliphatic carbocycles. The monoisotopic (exact) mass is 454 g/mol. The summed E-state index contributed by atoms with van der Waals surface area (Å²) in [7, 11) is 3.16. The molecule has 0 saturated carbocycles.